The quantitative estimate of drug-likeness (QED) is 0.455. The summed E-state index contributed by atoms with van der Waals surface area (Å²) in [4.78, 5) is 0. The van der Waals surface area contributed by atoms with E-state index in [0.717, 1.165) is 24.8 Å². The number of rotatable bonds is 2. The molecule has 0 fully saturated rings. The predicted octanol–water partition coefficient (Wildman–Crippen LogP) is 8.72. The Morgan fingerprint density at radius 2 is 1.68 bits per heavy atom. The number of hydrogen-bond donors (Lipinski definition) is 0. The first kappa shape index (κ1) is 22.1. The fourth-order valence-corrected chi connectivity index (χ4v) is 7.93. The zero-order chi connectivity index (χ0) is 23.1. The average Bonchev–Trinajstić information content (AvgIpc) is 2.64. The van der Waals surface area contributed by atoms with Gasteiger partial charge in [0.25, 0.3) is 0 Å². The van der Waals surface area contributed by atoms with Gasteiger partial charge in [-0.2, -0.15) is 0 Å². The molecule has 1 aromatic carbocycles. The molecule has 4 rings (SSSR count). The lowest BCUT2D eigenvalue weighted by Crippen LogP contribution is -2.52. The molecule has 0 saturated carbocycles. The molecule has 0 heterocycles. The molecule has 0 saturated heterocycles. The average molecular weight is 413 g/mol. The highest BCUT2D eigenvalue weighted by molar-refractivity contribution is 5.87. The molecule has 164 valence electrons. The van der Waals surface area contributed by atoms with E-state index in [1.165, 1.54) is 56.5 Å². The van der Waals surface area contributed by atoms with Crippen LogP contribution in [-0.4, -0.2) is 0 Å². The van der Waals surface area contributed by atoms with Crippen molar-refractivity contribution in [3.05, 3.63) is 87.6 Å². The third kappa shape index (κ3) is 2.66. The SMILES string of the molecule is C=C(C)C1=C(C)C[C@@]2(C)C[C@@]3(C)Cc4c(CC)ccc(C)c4C(=C)C3=C(C)[C@@]2(C)C1=C. The molecule has 31 heavy (non-hydrogen) atoms. The Labute approximate surface area is 190 Å². The number of allylic oxidation sites excluding steroid dienone is 7. The summed E-state index contributed by atoms with van der Waals surface area (Å²) in [6.07, 6.45) is 4.48. The summed E-state index contributed by atoms with van der Waals surface area (Å²) in [5.74, 6) is 0. The lowest BCUT2D eigenvalue weighted by atomic mass is 9.41. The summed E-state index contributed by atoms with van der Waals surface area (Å²) in [5.41, 5.74) is 15.4. The van der Waals surface area contributed by atoms with E-state index >= 15 is 0 Å². The summed E-state index contributed by atoms with van der Waals surface area (Å²) < 4.78 is 0. The third-order valence-corrected chi connectivity index (χ3v) is 9.30. The molecule has 0 bridgehead atoms. The van der Waals surface area contributed by atoms with Crippen LogP contribution < -0.4 is 0 Å². The largest absolute Gasteiger partial charge is 0.0955 e. The van der Waals surface area contributed by atoms with Crippen LogP contribution in [0.1, 0.15) is 83.6 Å². The second kappa shape index (κ2) is 6.71. The van der Waals surface area contributed by atoms with Gasteiger partial charge in [0, 0.05) is 5.41 Å². The molecule has 0 aliphatic heterocycles. The topological polar surface area (TPSA) is 0 Å². The van der Waals surface area contributed by atoms with Gasteiger partial charge in [0.05, 0.1) is 0 Å². The van der Waals surface area contributed by atoms with Crippen molar-refractivity contribution in [3.8, 4) is 0 Å². The van der Waals surface area contributed by atoms with E-state index in [2.05, 4.69) is 74.1 Å². The minimum absolute atomic E-state index is 0.0770. The monoisotopic (exact) mass is 412 g/mol. The highest BCUT2D eigenvalue weighted by Crippen LogP contribution is 2.70. The molecule has 0 aromatic heterocycles. The Morgan fingerprint density at radius 1 is 1.03 bits per heavy atom. The van der Waals surface area contributed by atoms with Gasteiger partial charge in [-0.1, -0.05) is 76.3 Å². The summed E-state index contributed by atoms with van der Waals surface area (Å²) in [6.45, 7) is 32.6. The van der Waals surface area contributed by atoms with Crippen molar-refractivity contribution in [3.63, 3.8) is 0 Å². The number of benzene rings is 1. The normalized spacial score (nSPS) is 32.6. The van der Waals surface area contributed by atoms with Crippen LogP contribution in [0.25, 0.3) is 5.57 Å². The van der Waals surface area contributed by atoms with E-state index < -0.39 is 0 Å². The van der Waals surface area contributed by atoms with Crippen LogP contribution in [0.3, 0.4) is 0 Å². The zero-order valence-corrected chi connectivity index (χ0v) is 21.1. The Hall–Kier alpha value is -2.08. The molecular formula is C31H40. The van der Waals surface area contributed by atoms with Crippen LogP contribution >= 0.6 is 0 Å². The molecule has 3 atom stereocenters. The number of fused-ring (bicyclic) bond motifs is 3. The standard InChI is InChI=1S/C31H40/c1-12-24-14-13-19(4)27-21(6)28-23(8)31(11)22(7)26(18(2)3)20(5)15-30(31,10)17-29(28,9)16-25(24)27/h13-14H,2,6-7,12,15-17H2,1,3-5,8-11H3/t29-,30+,31-/m1/s1. The van der Waals surface area contributed by atoms with Gasteiger partial charge in [-0.3, -0.25) is 0 Å². The van der Waals surface area contributed by atoms with E-state index in [9.17, 15) is 0 Å². The van der Waals surface area contributed by atoms with Crippen LogP contribution in [0, 0.1) is 23.2 Å². The highest BCUT2D eigenvalue weighted by atomic mass is 14.6. The van der Waals surface area contributed by atoms with Gasteiger partial charge in [0.15, 0.2) is 0 Å². The molecule has 1 aromatic rings. The fourth-order valence-electron chi connectivity index (χ4n) is 7.93. The molecule has 0 heteroatoms. The van der Waals surface area contributed by atoms with Crippen molar-refractivity contribution in [2.75, 3.05) is 0 Å². The van der Waals surface area contributed by atoms with Crippen LogP contribution in [-0.2, 0) is 12.8 Å². The minimum atomic E-state index is -0.0770. The lowest BCUT2D eigenvalue weighted by molar-refractivity contribution is 0.0543. The van der Waals surface area contributed by atoms with Gasteiger partial charge in [0.2, 0.25) is 0 Å². The Balaban J connectivity index is 2.03. The third-order valence-electron chi connectivity index (χ3n) is 9.30. The Bertz CT molecular complexity index is 1120. The van der Waals surface area contributed by atoms with Crippen LogP contribution in [0.4, 0.5) is 0 Å². The van der Waals surface area contributed by atoms with Gasteiger partial charge < -0.3 is 0 Å². The minimum Gasteiger partial charge on any atom is -0.0955 e. The van der Waals surface area contributed by atoms with Crippen molar-refractivity contribution in [2.24, 2.45) is 16.2 Å². The second-order valence-corrected chi connectivity index (χ2v) is 11.4. The summed E-state index contributed by atoms with van der Waals surface area (Å²) in [5, 5.41) is 0. The molecule has 3 aliphatic carbocycles. The van der Waals surface area contributed by atoms with E-state index in [0.29, 0.717) is 0 Å². The maximum atomic E-state index is 4.74. The summed E-state index contributed by atoms with van der Waals surface area (Å²) in [6, 6.07) is 4.64. The predicted molar refractivity (Wildman–Crippen MR) is 136 cm³/mol. The lowest BCUT2D eigenvalue weighted by Gasteiger charge is -2.62. The van der Waals surface area contributed by atoms with Gasteiger partial charge in [-0.25, -0.2) is 0 Å². The molecule has 3 aliphatic rings. The van der Waals surface area contributed by atoms with Crippen LogP contribution in [0.15, 0.2) is 65.3 Å². The van der Waals surface area contributed by atoms with Gasteiger partial charge in [0.1, 0.15) is 0 Å². The molecule has 0 amide bonds. The van der Waals surface area contributed by atoms with Crippen molar-refractivity contribution < 1.29 is 0 Å². The summed E-state index contributed by atoms with van der Waals surface area (Å²) in [7, 11) is 0. The smallest absolute Gasteiger partial charge is 0.0194 e. The molecule has 0 radical (unpaired) electrons. The van der Waals surface area contributed by atoms with Gasteiger partial charge in [-0.15, -0.1) is 0 Å². The molecule has 0 nitrogen and oxygen atoms in total. The Morgan fingerprint density at radius 3 is 2.26 bits per heavy atom. The zero-order valence-electron chi connectivity index (χ0n) is 21.1. The molecule has 0 unspecified atom stereocenters. The van der Waals surface area contributed by atoms with Gasteiger partial charge in [-0.05, 0) is 109 Å². The van der Waals surface area contributed by atoms with Crippen LogP contribution in [0.5, 0.6) is 0 Å². The van der Waals surface area contributed by atoms with Crippen molar-refractivity contribution in [2.45, 2.75) is 81.1 Å². The summed E-state index contributed by atoms with van der Waals surface area (Å²) >= 11 is 0. The molecular weight excluding hydrogens is 372 g/mol. The van der Waals surface area contributed by atoms with Crippen molar-refractivity contribution in [1.29, 1.82) is 0 Å². The number of hydrogen-bond acceptors (Lipinski definition) is 0. The second-order valence-electron chi connectivity index (χ2n) is 11.4. The van der Waals surface area contributed by atoms with Crippen LogP contribution in [0.2, 0.25) is 0 Å². The Kier molecular flexibility index (Phi) is 4.79. The van der Waals surface area contributed by atoms with E-state index in [1.54, 1.807) is 5.56 Å². The number of aryl methyl sites for hydroxylation is 2. The van der Waals surface area contributed by atoms with Gasteiger partial charge >= 0.3 is 0 Å². The maximum Gasteiger partial charge on any atom is 0.0194 e. The molecule has 0 N–H and O–H groups in total. The first-order valence-corrected chi connectivity index (χ1v) is 11.9. The molecule has 0 spiro atoms. The first-order valence-electron chi connectivity index (χ1n) is 11.9. The van der Waals surface area contributed by atoms with Crippen molar-refractivity contribution in [1.82, 2.24) is 0 Å². The van der Waals surface area contributed by atoms with E-state index in [1.807, 2.05) is 0 Å². The fraction of sp³-hybridized carbons (Fsp3) is 0.484. The van der Waals surface area contributed by atoms with Crippen molar-refractivity contribution >= 4 is 5.57 Å². The first-order chi connectivity index (χ1) is 14.3. The highest BCUT2D eigenvalue weighted by Gasteiger charge is 2.59. The van der Waals surface area contributed by atoms with E-state index in [-0.39, 0.29) is 16.2 Å². The van der Waals surface area contributed by atoms with E-state index in [4.69, 9.17) is 13.2 Å². The maximum absolute atomic E-state index is 4.74.